The van der Waals surface area contributed by atoms with Gasteiger partial charge >= 0.3 is 0 Å². The molecule has 0 saturated carbocycles. The Balaban J connectivity index is 2.19. The van der Waals surface area contributed by atoms with Crippen molar-refractivity contribution in [2.45, 2.75) is 18.9 Å². The predicted molar refractivity (Wildman–Crippen MR) is 93.9 cm³/mol. The molecule has 122 valence electrons. The summed E-state index contributed by atoms with van der Waals surface area (Å²) in [5, 5.41) is 1.79. The zero-order valence-corrected chi connectivity index (χ0v) is 14.5. The highest BCUT2D eigenvalue weighted by Crippen LogP contribution is 2.36. The second-order valence-corrected chi connectivity index (χ2v) is 6.59. The van der Waals surface area contributed by atoms with Crippen LogP contribution in [-0.4, -0.2) is 37.1 Å². The van der Waals surface area contributed by atoms with E-state index in [1.54, 1.807) is 12.3 Å². The van der Waals surface area contributed by atoms with E-state index in [2.05, 4.69) is 25.8 Å². The summed E-state index contributed by atoms with van der Waals surface area (Å²) in [4.78, 5) is 18.4. The number of aromatic nitrogens is 1. The van der Waals surface area contributed by atoms with E-state index in [0.29, 0.717) is 11.3 Å². The van der Waals surface area contributed by atoms with Crippen LogP contribution in [0.25, 0.3) is 10.8 Å². The maximum Gasteiger partial charge on any atom is 0.252 e. The summed E-state index contributed by atoms with van der Waals surface area (Å²) in [7, 11) is 1.52. The second-order valence-electron chi connectivity index (χ2n) is 5.74. The summed E-state index contributed by atoms with van der Waals surface area (Å²) >= 11 is 3.50. The van der Waals surface area contributed by atoms with Crippen LogP contribution in [0, 0.1) is 0 Å². The van der Waals surface area contributed by atoms with Crippen LogP contribution < -0.4 is 21.1 Å². The fourth-order valence-electron chi connectivity index (χ4n) is 3.04. The predicted octanol–water partition coefficient (Wildman–Crippen LogP) is 2.03. The lowest BCUT2D eigenvalue weighted by atomic mass is 10.0. The van der Waals surface area contributed by atoms with E-state index >= 15 is 0 Å². The Morgan fingerprint density at radius 3 is 2.87 bits per heavy atom. The van der Waals surface area contributed by atoms with Crippen LogP contribution in [-0.2, 0) is 0 Å². The maximum absolute atomic E-state index is 11.6. The quantitative estimate of drug-likeness (QED) is 0.851. The van der Waals surface area contributed by atoms with Crippen molar-refractivity contribution in [1.82, 2.24) is 4.98 Å². The molecule has 6 nitrogen and oxygen atoms in total. The van der Waals surface area contributed by atoms with Gasteiger partial charge in [-0.25, -0.2) is 4.98 Å². The number of nitrogens with zero attached hydrogens (tertiary/aromatic N) is 2. The van der Waals surface area contributed by atoms with Crippen molar-refractivity contribution in [3.63, 3.8) is 0 Å². The Morgan fingerprint density at radius 1 is 1.43 bits per heavy atom. The SMILES string of the molecule is COc1cc2c(N3CCCC(N)C3)ncc(Br)c2cc1C(N)=O. The maximum atomic E-state index is 11.6. The van der Waals surface area contributed by atoms with Gasteiger partial charge in [0.25, 0.3) is 5.91 Å². The lowest BCUT2D eigenvalue weighted by molar-refractivity contribution is 0.0997. The second kappa shape index (κ2) is 6.33. The Labute approximate surface area is 142 Å². The number of carbonyl (C=O) groups is 1. The van der Waals surface area contributed by atoms with Gasteiger partial charge < -0.3 is 21.1 Å². The molecular formula is C16H19BrN4O2. The van der Waals surface area contributed by atoms with Crippen LogP contribution in [0.1, 0.15) is 23.2 Å². The normalized spacial score (nSPS) is 18.2. The zero-order chi connectivity index (χ0) is 16.6. The van der Waals surface area contributed by atoms with Crippen LogP contribution in [0.4, 0.5) is 5.82 Å². The molecule has 0 aliphatic carbocycles. The van der Waals surface area contributed by atoms with E-state index in [0.717, 1.165) is 47.0 Å². The Bertz CT molecular complexity index is 765. The Morgan fingerprint density at radius 2 is 2.22 bits per heavy atom. The third kappa shape index (κ3) is 2.98. The standard InChI is InChI=1S/C16H19BrN4O2/c1-23-14-6-11-10(5-12(14)15(19)22)13(17)7-20-16(11)21-4-2-3-9(18)8-21/h5-7,9H,2-4,8,18H2,1H3,(H2,19,22). The number of rotatable bonds is 3. The van der Waals surface area contributed by atoms with Crippen molar-refractivity contribution in [1.29, 1.82) is 0 Å². The molecule has 1 aliphatic rings. The first-order valence-electron chi connectivity index (χ1n) is 7.48. The van der Waals surface area contributed by atoms with Crippen molar-refractivity contribution in [2.75, 3.05) is 25.1 Å². The van der Waals surface area contributed by atoms with E-state index in [1.165, 1.54) is 7.11 Å². The number of fused-ring (bicyclic) bond motifs is 1. The number of amides is 1. The smallest absolute Gasteiger partial charge is 0.252 e. The minimum Gasteiger partial charge on any atom is -0.496 e. The molecule has 0 radical (unpaired) electrons. The number of halogens is 1. The monoisotopic (exact) mass is 378 g/mol. The van der Waals surface area contributed by atoms with Crippen LogP contribution in [0.3, 0.4) is 0 Å². The number of pyridine rings is 1. The fourth-order valence-corrected chi connectivity index (χ4v) is 3.47. The Kier molecular flexibility index (Phi) is 4.41. The molecule has 1 atom stereocenters. The highest BCUT2D eigenvalue weighted by atomic mass is 79.9. The van der Waals surface area contributed by atoms with Crippen molar-refractivity contribution in [3.05, 3.63) is 28.4 Å². The molecule has 1 aromatic carbocycles. The molecule has 3 rings (SSSR count). The molecule has 2 heterocycles. The van der Waals surface area contributed by atoms with Crippen LogP contribution >= 0.6 is 15.9 Å². The van der Waals surface area contributed by atoms with Crippen molar-refractivity contribution >= 4 is 38.4 Å². The zero-order valence-electron chi connectivity index (χ0n) is 12.9. The number of hydrogen-bond acceptors (Lipinski definition) is 5. The third-order valence-corrected chi connectivity index (χ3v) is 4.79. The average molecular weight is 379 g/mol. The molecule has 1 aromatic heterocycles. The highest BCUT2D eigenvalue weighted by Gasteiger charge is 2.22. The van der Waals surface area contributed by atoms with Gasteiger partial charge in [-0.05, 0) is 40.9 Å². The summed E-state index contributed by atoms with van der Waals surface area (Å²) in [5.41, 5.74) is 11.9. The first-order valence-corrected chi connectivity index (χ1v) is 8.27. The number of hydrogen-bond donors (Lipinski definition) is 2. The minimum atomic E-state index is -0.519. The summed E-state index contributed by atoms with van der Waals surface area (Å²) in [5.74, 6) is 0.786. The van der Waals surface area contributed by atoms with Crippen molar-refractivity contribution in [3.8, 4) is 5.75 Å². The number of primary amides is 1. The lowest BCUT2D eigenvalue weighted by Crippen LogP contribution is -2.43. The molecule has 1 saturated heterocycles. The molecule has 1 aliphatic heterocycles. The summed E-state index contributed by atoms with van der Waals surface area (Å²) < 4.78 is 6.14. The van der Waals surface area contributed by atoms with Gasteiger partial charge in [-0.15, -0.1) is 0 Å². The lowest BCUT2D eigenvalue weighted by Gasteiger charge is -2.32. The molecule has 1 amide bonds. The summed E-state index contributed by atoms with van der Waals surface area (Å²) in [6.07, 6.45) is 3.81. The summed E-state index contributed by atoms with van der Waals surface area (Å²) in [6.45, 7) is 1.68. The molecule has 1 unspecified atom stereocenters. The first kappa shape index (κ1) is 16.0. The molecular weight excluding hydrogens is 360 g/mol. The number of methoxy groups -OCH3 is 1. The topological polar surface area (TPSA) is 94.5 Å². The van der Waals surface area contributed by atoms with Crippen molar-refractivity contribution < 1.29 is 9.53 Å². The summed E-state index contributed by atoms with van der Waals surface area (Å²) in [6, 6.07) is 3.72. The minimum absolute atomic E-state index is 0.149. The number of anilines is 1. The molecule has 0 spiro atoms. The van der Waals surface area contributed by atoms with Gasteiger partial charge in [0.05, 0.1) is 12.7 Å². The van der Waals surface area contributed by atoms with Crippen molar-refractivity contribution in [2.24, 2.45) is 11.5 Å². The molecule has 1 fully saturated rings. The van der Waals surface area contributed by atoms with E-state index in [9.17, 15) is 4.79 Å². The third-order valence-electron chi connectivity index (χ3n) is 4.16. The van der Waals surface area contributed by atoms with Crippen LogP contribution in [0.5, 0.6) is 5.75 Å². The van der Waals surface area contributed by atoms with Gasteiger partial charge in [-0.3, -0.25) is 4.79 Å². The van der Waals surface area contributed by atoms with Crippen LogP contribution in [0.2, 0.25) is 0 Å². The number of piperidine rings is 1. The highest BCUT2D eigenvalue weighted by molar-refractivity contribution is 9.10. The van der Waals surface area contributed by atoms with E-state index < -0.39 is 5.91 Å². The van der Waals surface area contributed by atoms with Crippen LogP contribution in [0.15, 0.2) is 22.8 Å². The molecule has 2 aromatic rings. The van der Waals surface area contributed by atoms with Gasteiger partial charge in [0.15, 0.2) is 0 Å². The van der Waals surface area contributed by atoms with Gasteiger partial charge in [-0.2, -0.15) is 0 Å². The van der Waals surface area contributed by atoms with Gasteiger partial charge in [0, 0.05) is 40.6 Å². The van der Waals surface area contributed by atoms with E-state index in [-0.39, 0.29) is 6.04 Å². The van der Waals surface area contributed by atoms with E-state index in [4.69, 9.17) is 16.2 Å². The van der Waals surface area contributed by atoms with Gasteiger partial charge in [0.2, 0.25) is 0 Å². The first-order chi connectivity index (χ1) is 11.0. The van der Waals surface area contributed by atoms with E-state index in [1.807, 2.05) is 6.07 Å². The Hall–Kier alpha value is -1.86. The molecule has 7 heteroatoms. The largest absolute Gasteiger partial charge is 0.496 e. The number of benzene rings is 1. The number of ether oxygens (including phenoxy) is 1. The molecule has 0 bridgehead atoms. The van der Waals surface area contributed by atoms with Gasteiger partial charge in [-0.1, -0.05) is 0 Å². The van der Waals surface area contributed by atoms with Gasteiger partial charge in [0.1, 0.15) is 11.6 Å². The fraction of sp³-hybridized carbons (Fsp3) is 0.375. The number of nitrogens with two attached hydrogens (primary N) is 2. The number of carbonyl (C=O) groups excluding carboxylic acids is 1. The average Bonchev–Trinajstić information content (AvgIpc) is 2.54. The molecule has 23 heavy (non-hydrogen) atoms. The molecule has 4 N–H and O–H groups in total.